The molecular formula is C16H19N3O3. The van der Waals surface area contributed by atoms with Gasteiger partial charge in [-0.2, -0.15) is 5.10 Å². The number of benzene rings is 1. The first-order valence-corrected chi connectivity index (χ1v) is 7.02. The molecule has 1 aromatic heterocycles. The first-order chi connectivity index (χ1) is 10.4. The lowest BCUT2D eigenvalue weighted by molar-refractivity contribution is -0.145. The number of carboxylic acid groups (broad SMARTS) is 1. The van der Waals surface area contributed by atoms with Gasteiger partial charge >= 0.3 is 5.97 Å². The van der Waals surface area contributed by atoms with Crippen molar-refractivity contribution >= 4 is 11.9 Å². The Kier molecular flexibility index (Phi) is 4.30. The van der Waals surface area contributed by atoms with Crippen LogP contribution in [-0.4, -0.2) is 26.8 Å². The average molecular weight is 301 g/mol. The van der Waals surface area contributed by atoms with Gasteiger partial charge < -0.3 is 10.4 Å². The van der Waals surface area contributed by atoms with Crippen molar-refractivity contribution in [3.05, 3.63) is 53.3 Å². The second kappa shape index (κ2) is 6.01. The standard InChI is InChI=1S/C16H19N3O3/c1-4-16(15(21)22,12-8-6-5-7-9-12)17-14(20)13-10-11(2)18-19(13)3/h5-10H,4H2,1-3H3,(H,17,20)(H,21,22)/t16-/m1/s1. The van der Waals surface area contributed by atoms with Gasteiger partial charge in [-0.25, -0.2) is 4.79 Å². The molecule has 0 radical (unpaired) electrons. The molecule has 0 unspecified atom stereocenters. The fourth-order valence-corrected chi connectivity index (χ4v) is 2.50. The van der Waals surface area contributed by atoms with Crippen LogP contribution in [0.4, 0.5) is 0 Å². The zero-order valence-electron chi connectivity index (χ0n) is 12.8. The van der Waals surface area contributed by atoms with E-state index in [1.807, 2.05) is 0 Å². The monoisotopic (exact) mass is 301 g/mol. The van der Waals surface area contributed by atoms with Crippen LogP contribution in [0.5, 0.6) is 0 Å². The van der Waals surface area contributed by atoms with Gasteiger partial charge in [0.2, 0.25) is 0 Å². The van der Waals surface area contributed by atoms with Gasteiger partial charge in [0.25, 0.3) is 5.91 Å². The van der Waals surface area contributed by atoms with Crippen molar-refractivity contribution in [3.8, 4) is 0 Å². The molecule has 2 aromatic rings. The number of carboxylic acids is 1. The number of rotatable bonds is 5. The topological polar surface area (TPSA) is 84.2 Å². The fourth-order valence-electron chi connectivity index (χ4n) is 2.50. The van der Waals surface area contributed by atoms with Gasteiger partial charge in [-0.15, -0.1) is 0 Å². The summed E-state index contributed by atoms with van der Waals surface area (Å²) in [7, 11) is 1.65. The summed E-state index contributed by atoms with van der Waals surface area (Å²) in [6.45, 7) is 3.51. The predicted octanol–water partition coefficient (Wildman–Crippen LogP) is 1.85. The zero-order chi connectivity index (χ0) is 16.3. The predicted molar refractivity (Wildman–Crippen MR) is 81.5 cm³/mol. The Morgan fingerprint density at radius 1 is 1.32 bits per heavy atom. The summed E-state index contributed by atoms with van der Waals surface area (Å²) in [5, 5.41) is 16.5. The summed E-state index contributed by atoms with van der Waals surface area (Å²) in [5.41, 5.74) is 0.103. The van der Waals surface area contributed by atoms with Crippen molar-refractivity contribution < 1.29 is 14.7 Å². The van der Waals surface area contributed by atoms with Crippen molar-refractivity contribution in [1.29, 1.82) is 0 Å². The third-order valence-electron chi connectivity index (χ3n) is 3.72. The molecule has 0 saturated carbocycles. The van der Waals surface area contributed by atoms with Crippen molar-refractivity contribution in [3.63, 3.8) is 0 Å². The normalized spacial score (nSPS) is 13.4. The van der Waals surface area contributed by atoms with Gasteiger partial charge in [0, 0.05) is 7.05 Å². The Morgan fingerprint density at radius 2 is 1.95 bits per heavy atom. The summed E-state index contributed by atoms with van der Waals surface area (Å²) < 4.78 is 1.44. The Morgan fingerprint density at radius 3 is 2.41 bits per heavy atom. The summed E-state index contributed by atoms with van der Waals surface area (Å²) in [4.78, 5) is 24.4. The maximum absolute atomic E-state index is 12.5. The summed E-state index contributed by atoms with van der Waals surface area (Å²) >= 11 is 0. The number of hydrogen-bond acceptors (Lipinski definition) is 3. The first-order valence-electron chi connectivity index (χ1n) is 7.02. The molecule has 2 N–H and O–H groups in total. The molecule has 2 rings (SSSR count). The third kappa shape index (κ3) is 2.72. The van der Waals surface area contributed by atoms with Gasteiger partial charge in [0.15, 0.2) is 5.54 Å². The highest BCUT2D eigenvalue weighted by atomic mass is 16.4. The van der Waals surface area contributed by atoms with E-state index < -0.39 is 17.4 Å². The molecular weight excluding hydrogens is 282 g/mol. The highest BCUT2D eigenvalue weighted by molar-refractivity contribution is 5.97. The van der Waals surface area contributed by atoms with E-state index in [1.165, 1.54) is 4.68 Å². The lowest BCUT2D eigenvalue weighted by atomic mass is 9.87. The quantitative estimate of drug-likeness (QED) is 0.882. The van der Waals surface area contributed by atoms with Gasteiger partial charge in [0.1, 0.15) is 5.69 Å². The highest BCUT2D eigenvalue weighted by Gasteiger charge is 2.40. The maximum atomic E-state index is 12.5. The van der Waals surface area contributed by atoms with E-state index in [0.29, 0.717) is 17.0 Å². The van der Waals surface area contributed by atoms with Crippen LogP contribution < -0.4 is 5.32 Å². The van der Waals surface area contributed by atoms with Crippen LogP contribution in [-0.2, 0) is 17.4 Å². The molecule has 0 saturated heterocycles. The van der Waals surface area contributed by atoms with Crippen molar-refractivity contribution in [2.24, 2.45) is 7.05 Å². The van der Waals surface area contributed by atoms with Gasteiger partial charge in [-0.3, -0.25) is 9.48 Å². The van der Waals surface area contributed by atoms with Gasteiger partial charge in [0.05, 0.1) is 5.69 Å². The lowest BCUT2D eigenvalue weighted by Gasteiger charge is -2.29. The van der Waals surface area contributed by atoms with Crippen LogP contribution in [0.15, 0.2) is 36.4 Å². The Labute approximate surface area is 128 Å². The molecule has 0 aliphatic rings. The molecule has 0 bridgehead atoms. The molecule has 116 valence electrons. The Hall–Kier alpha value is -2.63. The molecule has 22 heavy (non-hydrogen) atoms. The van der Waals surface area contributed by atoms with Gasteiger partial charge in [-0.1, -0.05) is 37.3 Å². The maximum Gasteiger partial charge on any atom is 0.334 e. The van der Waals surface area contributed by atoms with E-state index in [0.717, 1.165) is 0 Å². The minimum atomic E-state index is -1.46. The molecule has 1 atom stereocenters. The molecule has 1 amide bonds. The molecule has 6 nitrogen and oxygen atoms in total. The number of aromatic nitrogens is 2. The smallest absolute Gasteiger partial charge is 0.334 e. The van der Waals surface area contributed by atoms with Crippen LogP contribution >= 0.6 is 0 Å². The largest absolute Gasteiger partial charge is 0.479 e. The number of aryl methyl sites for hydroxylation is 2. The summed E-state index contributed by atoms with van der Waals surface area (Å²) in [6, 6.07) is 10.3. The number of nitrogens with one attached hydrogen (secondary N) is 1. The number of hydrogen-bond donors (Lipinski definition) is 2. The molecule has 0 spiro atoms. The van der Waals surface area contributed by atoms with Crippen molar-refractivity contribution in [2.75, 3.05) is 0 Å². The van der Waals surface area contributed by atoms with Crippen LogP contribution in [0, 0.1) is 6.92 Å². The van der Waals surface area contributed by atoms with Crippen LogP contribution in [0.2, 0.25) is 0 Å². The second-order valence-corrected chi connectivity index (χ2v) is 5.18. The fraction of sp³-hybridized carbons (Fsp3) is 0.312. The molecule has 6 heteroatoms. The molecule has 0 fully saturated rings. The Bertz CT molecular complexity index is 694. The summed E-state index contributed by atoms with van der Waals surface area (Å²) in [6.07, 6.45) is 0.231. The molecule has 1 aromatic carbocycles. The number of amides is 1. The lowest BCUT2D eigenvalue weighted by Crippen LogP contribution is -2.51. The molecule has 0 aliphatic heterocycles. The average Bonchev–Trinajstić information content (AvgIpc) is 2.84. The first kappa shape index (κ1) is 15.8. The number of carbonyl (C=O) groups is 2. The van der Waals surface area contributed by atoms with E-state index in [9.17, 15) is 14.7 Å². The Balaban J connectivity index is 2.42. The van der Waals surface area contributed by atoms with E-state index in [-0.39, 0.29) is 6.42 Å². The van der Waals surface area contributed by atoms with E-state index in [4.69, 9.17) is 0 Å². The number of aliphatic carboxylic acids is 1. The minimum Gasteiger partial charge on any atom is -0.479 e. The number of nitrogens with zero attached hydrogens (tertiary/aromatic N) is 2. The van der Waals surface area contributed by atoms with Gasteiger partial charge in [-0.05, 0) is 25.0 Å². The van der Waals surface area contributed by atoms with Crippen molar-refractivity contribution in [2.45, 2.75) is 25.8 Å². The van der Waals surface area contributed by atoms with E-state index in [1.54, 1.807) is 57.3 Å². The van der Waals surface area contributed by atoms with E-state index >= 15 is 0 Å². The molecule has 0 aliphatic carbocycles. The van der Waals surface area contributed by atoms with Crippen LogP contribution in [0.3, 0.4) is 0 Å². The van der Waals surface area contributed by atoms with Crippen molar-refractivity contribution in [1.82, 2.24) is 15.1 Å². The molecule has 1 heterocycles. The van der Waals surface area contributed by atoms with Crippen LogP contribution in [0.25, 0.3) is 0 Å². The number of carbonyl (C=O) groups excluding carboxylic acids is 1. The van der Waals surface area contributed by atoms with E-state index in [2.05, 4.69) is 10.4 Å². The SMILES string of the molecule is CC[C@](NC(=O)c1cc(C)nn1C)(C(=O)O)c1ccccc1. The van der Waals surface area contributed by atoms with Crippen LogP contribution in [0.1, 0.15) is 35.1 Å². The minimum absolute atomic E-state index is 0.231. The summed E-state index contributed by atoms with van der Waals surface area (Å²) in [5.74, 6) is -1.55. The highest BCUT2D eigenvalue weighted by Crippen LogP contribution is 2.26. The second-order valence-electron chi connectivity index (χ2n) is 5.18. The zero-order valence-corrected chi connectivity index (χ0v) is 12.8. The third-order valence-corrected chi connectivity index (χ3v) is 3.72.